The highest BCUT2D eigenvalue weighted by atomic mass is 19.3. The third-order valence-corrected chi connectivity index (χ3v) is 2.92. The molecule has 0 aliphatic rings. The number of aliphatic hydroxyl groups excluding tert-OH is 1. The second-order valence-corrected chi connectivity index (χ2v) is 4.43. The zero-order valence-corrected chi connectivity index (χ0v) is 10.9. The first-order valence-electron chi connectivity index (χ1n) is 6.36. The SMILES string of the molecule is OC(COCC(F)F)c1ccc(-c2ccccc2)cc1. The molecule has 0 aliphatic carbocycles. The van der Waals surface area contributed by atoms with Gasteiger partial charge in [0.2, 0.25) is 0 Å². The van der Waals surface area contributed by atoms with Crippen LogP contribution in [0.1, 0.15) is 11.7 Å². The van der Waals surface area contributed by atoms with Gasteiger partial charge in [-0.05, 0) is 16.7 Å². The minimum absolute atomic E-state index is 0.130. The molecule has 0 bridgehead atoms. The van der Waals surface area contributed by atoms with E-state index in [0.717, 1.165) is 11.1 Å². The van der Waals surface area contributed by atoms with Crippen molar-refractivity contribution in [2.45, 2.75) is 12.5 Å². The number of halogens is 2. The Morgan fingerprint density at radius 3 is 2.05 bits per heavy atom. The van der Waals surface area contributed by atoms with E-state index in [-0.39, 0.29) is 6.61 Å². The number of alkyl halides is 2. The summed E-state index contributed by atoms with van der Waals surface area (Å²) < 4.78 is 28.6. The molecule has 2 rings (SSSR count). The lowest BCUT2D eigenvalue weighted by molar-refractivity contribution is -0.0204. The van der Waals surface area contributed by atoms with Gasteiger partial charge in [0.05, 0.1) is 6.61 Å². The van der Waals surface area contributed by atoms with Gasteiger partial charge in [-0.1, -0.05) is 54.6 Å². The van der Waals surface area contributed by atoms with E-state index in [4.69, 9.17) is 4.74 Å². The van der Waals surface area contributed by atoms with Crippen LogP contribution >= 0.6 is 0 Å². The van der Waals surface area contributed by atoms with Gasteiger partial charge in [-0.15, -0.1) is 0 Å². The summed E-state index contributed by atoms with van der Waals surface area (Å²) in [6, 6.07) is 17.2. The number of benzene rings is 2. The van der Waals surface area contributed by atoms with Gasteiger partial charge in [0.15, 0.2) is 0 Å². The summed E-state index contributed by atoms with van der Waals surface area (Å²) in [7, 11) is 0. The number of rotatable bonds is 6. The van der Waals surface area contributed by atoms with E-state index < -0.39 is 19.1 Å². The molecule has 0 heterocycles. The van der Waals surface area contributed by atoms with Crippen LogP contribution in [-0.4, -0.2) is 24.7 Å². The van der Waals surface area contributed by atoms with E-state index >= 15 is 0 Å². The van der Waals surface area contributed by atoms with Gasteiger partial charge in [0.1, 0.15) is 12.7 Å². The Morgan fingerprint density at radius 1 is 0.850 bits per heavy atom. The van der Waals surface area contributed by atoms with Crippen LogP contribution in [0.25, 0.3) is 11.1 Å². The molecule has 20 heavy (non-hydrogen) atoms. The van der Waals surface area contributed by atoms with Crippen LogP contribution in [0.4, 0.5) is 8.78 Å². The van der Waals surface area contributed by atoms with Crippen LogP contribution < -0.4 is 0 Å². The summed E-state index contributed by atoms with van der Waals surface area (Å²) in [5.74, 6) is 0. The monoisotopic (exact) mass is 278 g/mol. The molecule has 0 amide bonds. The van der Waals surface area contributed by atoms with E-state index in [1.54, 1.807) is 12.1 Å². The van der Waals surface area contributed by atoms with Crippen molar-refractivity contribution in [1.29, 1.82) is 0 Å². The molecule has 2 nitrogen and oxygen atoms in total. The summed E-state index contributed by atoms with van der Waals surface area (Å²) >= 11 is 0. The minimum atomic E-state index is -2.51. The third-order valence-electron chi connectivity index (χ3n) is 2.92. The molecule has 2 aromatic rings. The molecule has 106 valence electrons. The Morgan fingerprint density at radius 2 is 1.45 bits per heavy atom. The van der Waals surface area contributed by atoms with Crippen LogP contribution in [0.5, 0.6) is 0 Å². The van der Waals surface area contributed by atoms with Crippen molar-refractivity contribution in [3.63, 3.8) is 0 Å². The lowest BCUT2D eigenvalue weighted by atomic mass is 10.0. The van der Waals surface area contributed by atoms with Crippen molar-refractivity contribution < 1.29 is 18.6 Å². The quantitative estimate of drug-likeness (QED) is 0.873. The predicted molar refractivity (Wildman–Crippen MR) is 73.7 cm³/mol. The largest absolute Gasteiger partial charge is 0.386 e. The average molecular weight is 278 g/mol. The normalized spacial score (nSPS) is 12.6. The van der Waals surface area contributed by atoms with Gasteiger partial charge in [0, 0.05) is 0 Å². The summed E-state index contributed by atoms with van der Waals surface area (Å²) in [5, 5.41) is 9.82. The molecular formula is C16H16F2O2. The Bertz CT molecular complexity index is 512. The maximum Gasteiger partial charge on any atom is 0.261 e. The van der Waals surface area contributed by atoms with Gasteiger partial charge in [-0.3, -0.25) is 0 Å². The van der Waals surface area contributed by atoms with E-state index in [2.05, 4.69) is 0 Å². The zero-order valence-electron chi connectivity index (χ0n) is 10.9. The minimum Gasteiger partial charge on any atom is -0.386 e. The first kappa shape index (κ1) is 14.6. The molecule has 4 heteroatoms. The molecule has 0 spiro atoms. The predicted octanol–water partition coefficient (Wildman–Crippen LogP) is 3.67. The lowest BCUT2D eigenvalue weighted by Crippen LogP contribution is -2.11. The Hall–Kier alpha value is -1.78. The zero-order chi connectivity index (χ0) is 14.4. The molecule has 0 aromatic heterocycles. The van der Waals surface area contributed by atoms with Crippen molar-refractivity contribution in [2.24, 2.45) is 0 Å². The van der Waals surface area contributed by atoms with Crippen LogP contribution in [0.2, 0.25) is 0 Å². The second kappa shape index (κ2) is 7.12. The van der Waals surface area contributed by atoms with Gasteiger partial charge < -0.3 is 9.84 Å². The molecule has 0 saturated heterocycles. The average Bonchev–Trinajstić information content (AvgIpc) is 2.48. The third kappa shape index (κ3) is 4.11. The fraction of sp³-hybridized carbons (Fsp3) is 0.250. The first-order chi connectivity index (χ1) is 9.66. The van der Waals surface area contributed by atoms with E-state index in [0.29, 0.717) is 5.56 Å². The molecule has 0 fully saturated rings. The van der Waals surface area contributed by atoms with Gasteiger partial charge in [-0.2, -0.15) is 0 Å². The van der Waals surface area contributed by atoms with E-state index in [9.17, 15) is 13.9 Å². The van der Waals surface area contributed by atoms with Crippen LogP contribution in [0.15, 0.2) is 54.6 Å². The van der Waals surface area contributed by atoms with Crippen LogP contribution in [-0.2, 0) is 4.74 Å². The highest BCUT2D eigenvalue weighted by Gasteiger charge is 2.10. The molecule has 1 N–H and O–H groups in total. The number of hydrogen-bond acceptors (Lipinski definition) is 2. The second-order valence-electron chi connectivity index (χ2n) is 4.43. The topological polar surface area (TPSA) is 29.5 Å². The maximum atomic E-state index is 11.9. The smallest absolute Gasteiger partial charge is 0.261 e. The Labute approximate surface area is 116 Å². The molecule has 1 unspecified atom stereocenters. The molecule has 0 aliphatic heterocycles. The molecule has 1 atom stereocenters. The molecular weight excluding hydrogens is 262 g/mol. The maximum absolute atomic E-state index is 11.9. The highest BCUT2D eigenvalue weighted by molar-refractivity contribution is 5.63. The fourth-order valence-electron chi connectivity index (χ4n) is 1.89. The number of aliphatic hydroxyl groups is 1. The van der Waals surface area contributed by atoms with Gasteiger partial charge in [0.25, 0.3) is 6.43 Å². The summed E-state index contributed by atoms with van der Waals surface area (Å²) in [6.45, 7) is -0.784. The Kier molecular flexibility index (Phi) is 5.21. The van der Waals surface area contributed by atoms with Crippen molar-refractivity contribution in [2.75, 3.05) is 13.2 Å². The molecule has 0 saturated carbocycles. The molecule has 0 radical (unpaired) electrons. The number of ether oxygens (including phenoxy) is 1. The van der Waals surface area contributed by atoms with E-state index in [1.807, 2.05) is 42.5 Å². The van der Waals surface area contributed by atoms with Crippen molar-refractivity contribution >= 4 is 0 Å². The summed E-state index contributed by atoms with van der Waals surface area (Å²) in [6.07, 6.45) is -3.40. The lowest BCUT2D eigenvalue weighted by Gasteiger charge is -2.12. The van der Waals surface area contributed by atoms with Gasteiger partial charge in [-0.25, -0.2) is 8.78 Å². The standard InChI is InChI=1S/C16H16F2O2/c17-16(18)11-20-10-15(19)14-8-6-13(7-9-14)12-4-2-1-3-5-12/h1-9,15-16,19H,10-11H2. The van der Waals surface area contributed by atoms with Crippen LogP contribution in [0.3, 0.4) is 0 Å². The first-order valence-corrected chi connectivity index (χ1v) is 6.36. The number of hydrogen-bond donors (Lipinski definition) is 1. The van der Waals surface area contributed by atoms with Crippen LogP contribution in [0, 0.1) is 0 Å². The summed E-state index contributed by atoms with van der Waals surface area (Å²) in [5.41, 5.74) is 2.77. The summed E-state index contributed by atoms with van der Waals surface area (Å²) in [4.78, 5) is 0. The van der Waals surface area contributed by atoms with E-state index in [1.165, 1.54) is 0 Å². The van der Waals surface area contributed by atoms with Gasteiger partial charge >= 0.3 is 0 Å². The fourth-order valence-corrected chi connectivity index (χ4v) is 1.89. The van der Waals surface area contributed by atoms with Crippen molar-refractivity contribution in [3.05, 3.63) is 60.2 Å². The highest BCUT2D eigenvalue weighted by Crippen LogP contribution is 2.22. The van der Waals surface area contributed by atoms with Crippen molar-refractivity contribution in [3.8, 4) is 11.1 Å². The molecule has 2 aromatic carbocycles. The Balaban J connectivity index is 1.97. The van der Waals surface area contributed by atoms with Crippen molar-refractivity contribution in [1.82, 2.24) is 0 Å².